The first-order valence-electron chi connectivity index (χ1n) is 8.44. The van der Waals surface area contributed by atoms with Crippen LogP contribution in [0.5, 0.6) is 0 Å². The van der Waals surface area contributed by atoms with E-state index in [4.69, 9.17) is 4.42 Å². The highest BCUT2D eigenvalue weighted by Gasteiger charge is 2.22. The van der Waals surface area contributed by atoms with Crippen LogP contribution in [0.2, 0.25) is 0 Å². The number of carbonyl (C=O) groups excluding carboxylic acids is 1. The zero-order valence-electron chi connectivity index (χ0n) is 14.9. The molecule has 1 aliphatic heterocycles. The fourth-order valence-corrected chi connectivity index (χ4v) is 4.23. The third-order valence-corrected chi connectivity index (χ3v) is 5.88. The first-order chi connectivity index (χ1) is 13.1. The van der Waals surface area contributed by atoms with Crippen molar-refractivity contribution in [3.63, 3.8) is 0 Å². The lowest BCUT2D eigenvalue weighted by Gasteiger charge is -2.09. The Bertz CT molecular complexity index is 996. The maximum absolute atomic E-state index is 12.4. The Morgan fingerprint density at radius 2 is 2.07 bits per heavy atom. The number of benzene rings is 1. The van der Waals surface area contributed by atoms with Crippen LogP contribution < -0.4 is 0 Å². The van der Waals surface area contributed by atoms with E-state index in [0.717, 1.165) is 33.3 Å². The predicted molar refractivity (Wildman–Crippen MR) is 105 cm³/mol. The fraction of sp³-hybridized carbons (Fsp3) is 0.278. The molecule has 3 aromatic rings. The van der Waals surface area contributed by atoms with Gasteiger partial charge in [0.15, 0.2) is 0 Å². The van der Waals surface area contributed by atoms with E-state index >= 15 is 0 Å². The molecule has 0 bridgehead atoms. The van der Waals surface area contributed by atoms with Crippen LogP contribution >= 0.6 is 23.1 Å². The molecule has 1 amide bonds. The highest BCUT2D eigenvalue weighted by Crippen LogP contribution is 2.30. The van der Waals surface area contributed by atoms with Crippen molar-refractivity contribution in [2.24, 2.45) is 5.10 Å². The lowest BCUT2D eigenvalue weighted by molar-refractivity contribution is -0.127. The summed E-state index contributed by atoms with van der Waals surface area (Å²) in [5, 5.41) is 15.4. The number of thioether (sulfide) groups is 1. The van der Waals surface area contributed by atoms with E-state index in [1.54, 1.807) is 0 Å². The Balaban J connectivity index is 1.38. The molecule has 0 aliphatic carbocycles. The molecule has 0 saturated heterocycles. The number of aryl methyl sites for hydroxylation is 2. The SMILES string of the molecule is Cc1nc(C)c(-c2nnc(SCC(=O)N3CCC(c4ccccc4)=N3)o2)s1. The third kappa shape index (κ3) is 3.93. The van der Waals surface area contributed by atoms with Gasteiger partial charge in [0.25, 0.3) is 17.0 Å². The monoisotopic (exact) mass is 399 g/mol. The van der Waals surface area contributed by atoms with E-state index in [0.29, 0.717) is 17.7 Å². The van der Waals surface area contributed by atoms with E-state index in [-0.39, 0.29) is 11.7 Å². The fourth-order valence-electron chi connectivity index (χ4n) is 2.76. The van der Waals surface area contributed by atoms with Crippen LogP contribution in [0.3, 0.4) is 0 Å². The Morgan fingerprint density at radius 1 is 1.26 bits per heavy atom. The van der Waals surface area contributed by atoms with Gasteiger partial charge in [-0.1, -0.05) is 42.1 Å². The summed E-state index contributed by atoms with van der Waals surface area (Å²) in [4.78, 5) is 17.7. The topological polar surface area (TPSA) is 84.5 Å². The first kappa shape index (κ1) is 17.9. The van der Waals surface area contributed by atoms with Crippen LogP contribution in [0.4, 0.5) is 0 Å². The molecule has 0 atom stereocenters. The van der Waals surface area contributed by atoms with Crippen LogP contribution in [0, 0.1) is 13.8 Å². The number of thiazole rings is 1. The van der Waals surface area contributed by atoms with Crippen molar-refractivity contribution in [3.05, 3.63) is 46.6 Å². The van der Waals surface area contributed by atoms with Gasteiger partial charge in [0.2, 0.25) is 0 Å². The zero-order valence-corrected chi connectivity index (χ0v) is 16.5. The molecule has 0 radical (unpaired) electrons. The molecule has 1 aliphatic rings. The lowest BCUT2D eigenvalue weighted by Crippen LogP contribution is -2.25. The van der Waals surface area contributed by atoms with Gasteiger partial charge in [-0.15, -0.1) is 21.5 Å². The van der Waals surface area contributed by atoms with Gasteiger partial charge >= 0.3 is 0 Å². The largest absolute Gasteiger partial charge is 0.410 e. The molecule has 3 heterocycles. The molecular weight excluding hydrogens is 382 g/mol. The Hall–Kier alpha value is -2.52. The van der Waals surface area contributed by atoms with Crippen molar-refractivity contribution >= 4 is 34.7 Å². The second-order valence-corrected chi connectivity index (χ2v) is 8.12. The maximum atomic E-state index is 12.4. The van der Waals surface area contributed by atoms with Gasteiger partial charge in [0, 0.05) is 6.42 Å². The first-order valence-corrected chi connectivity index (χ1v) is 10.2. The van der Waals surface area contributed by atoms with Gasteiger partial charge in [-0.25, -0.2) is 9.99 Å². The number of aromatic nitrogens is 3. The quantitative estimate of drug-likeness (QED) is 0.610. The standard InChI is InChI=1S/C18H17N5O2S2/c1-11-16(27-12(2)19-11)17-20-21-18(25-17)26-10-15(24)23-9-8-14(22-23)13-6-4-3-5-7-13/h3-7H,8-10H2,1-2H3. The number of amides is 1. The molecular formula is C18H17N5O2S2. The second kappa shape index (κ2) is 7.61. The van der Waals surface area contributed by atoms with E-state index in [1.807, 2.05) is 44.2 Å². The van der Waals surface area contributed by atoms with Crippen molar-refractivity contribution in [1.82, 2.24) is 20.2 Å². The smallest absolute Gasteiger partial charge is 0.277 e. The molecule has 2 aromatic heterocycles. The molecule has 0 spiro atoms. The zero-order chi connectivity index (χ0) is 18.8. The minimum atomic E-state index is -0.0736. The molecule has 0 unspecified atom stereocenters. The molecule has 0 fully saturated rings. The highest BCUT2D eigenvalue weighted by atomic mass is 32.2. The molecule has 1 aromatic carbocycles. The lowest BCUT2D eigenvalue weighted by atomic mass is 10.1. The molecule has 0 saturated carbocycles. The van der Waals surface area contributed by atoms with Crippen LogP contribution in [0.1, 0.15) is 22.7 Å². The van der Waals surface area contributed by atoms with Gasteiger partial charge in [-0.3, -0.25) is 4.79 Å². The summed E-state index contributed by atoms with van der Waals surface area (Å²) < 4.78 is 5.67. The van der Waals surface area contributed by atoms with Crippen LogP contribution in [-0.2, 0) is 4.79 Å². The molecule has 138 valence electrons. The minimum absolute atomic E-state index is 0.0736. The number of hydrogen-bond acceptors (Lipinski definition) is 8. The summed E-state index contributed by atoms with van der Waals surface area (Å²) >= 11 is 2.74. The Labute approximate surface area is 164 Å². The summed E-state index contributed by atoms with van der Waals surface area (Å²) in [6, 6.07) is 9.91. The number of hydrogen-bond donors (Lipinski definition) is 0. The van der Waals surface area contributed by atoms with E-state index in [9.17, 15) is 4.79 Å². The predicted octanol–water partition coefficient (Wildman–Crippen LogP) is 3.54. The van der Waals surface area contributed by atoms with Crippen LogP contribution in [0.15, 0.2) is 45.1 Å². The van der Waals surface area contributed by atoms with Crippen molar-refractivity contribution in [3.8, 4) is 10.8 Å². The van der Waals surface area contributed by atoms with Gasteiger partial charge in [-0.2, -0.15) is 5.10 Å². The van der Waals surface area contributed by atoms with Gasteiger partial charge < -0.3 is 4.42 Å². The maximum Gasteiger partial charge on any atom is 0.277 e. The van der Waals surface area contributed by atoms with Crippen molar-refractivity contribution in [2.75, 3.05) is 12.3 Å². The Morgan fingerprint density at radius 3 is 2.81 bits per heavy atom. The average molecular weight is 400 g/mol. The summed E-state index contributed by atoms with van der Waals surface area (Å²) in [7, 11) is 0. The summed E-state index contributed by atoms with van der Waals surface area (Å²) in [5.41, 5.74) is 2.86. The highest BCUT2D eigenvalue weighted by molar-refractivity contribution is 7.99. The van der Waals surface area contributed by atoms with E-state index in [2.05, 4.69) is 20.3 Å². The number of rotatable bonds is 5. The van der Waals surface area contributed by atoms with Gasteiger partial charge in [0.05, 0.1) is 28.7 Å². The number of carbonyl (C=O) groups is 1. The summed E-state index contributed by atoms with van der Waals surface area (Å²) in [6.07, 6.45) is 0.759. The van der Waals surface area contributed by atoms with E-state index in [1.165, 1.54) is 28.1 Å². The van der Waals surface area contributed by atoms with Crippen molar-refractivity contribution < 1.29 is 9.21 Å². The molecule has 0 N–H and O–H groups in total. The summed E-state index contributed by atoms with van der Waals surface area (Å²) in [6.45, 7) is 4.44. The van der Waals surface area contributed by atoms with Crippen LogP contribution in [-0.4, -0.2) is 44.1 Å². The Kier molecular flexibility index (Phi) is 5.04. The molecule has 27 heavy (non-hydrogen) atoms. The molecule has 9 heteroatoms. The van der Waals surface area contributed by atoms with Gasteiger partial charge in [0.1, 0.15) is 4.88 Å². The second-order valence-electron chi connectivity index (χ2n) is 5.99. The van der Waals surface area contributed by atoms with Gasteiger partial charge in [-0.05, 0) is 19.4 Å². The minimum Gasteiger partial charge on any atom is -0.410 e. The normalized spacial score (nSPS) is 13.9. The van der Waals surface area contributed by atoms with Crippen molar-refractivity contribution in [1.29, 1.82) is 0 Å². The van der Waals surface area contributed by atoms with Crippen LogP contribution in [0.25, 0.3) is 10.8 Å². The van der Waals surface area contributed by atoms with Crippen molar-refractivity contribution in [2.45, 2.75) is 25.5 Å². The summed E-state index contributed by atoms with van der Waals surface area (Å²) in [5.74, 6) is 0.572. The third-order valence-electron chi connectivity index (χ3n) is 4.02. The van der Waals surface area contributed by atoms with E-state index < -0.39 is 0 Å². The number of nitrogens with zero attached hydrogens (tertiary/aromatic N) is 5. The molecule has 4 rings (SSSR count). The number of hydrazone groups is 1. The average Bonchev–Trinajstić information content (AvgIpc) is 3.40. The molecule has 7 nitrogen and oxygen atoms in total.